The summed E-state index contributed by atoms with van der Waals surface area (Å²) in [5, 5.41) is 4.24. The van der Waals surface area contributed by atoms with E-state index in [2.05, 4.69) is 5.32 Å². The minimum absolute atomic E-state index is 0.312. The minimum Gasteiger partial charge on any atom is -0.489 e. The van der Waals surface area contributed by atoms with E-state index in [4.69, 9.17) is 4.74 Å². The van der Waals surface area contributed by atoms with Gasteiger partial charge >= 0.3 is 0 Å². The van der Waals surface area contributed by atoms with Crippen molar-refractivity contribution in [3.05, 3.63) is 30.3 Å². The molecule has 1 aliphatic heterocycles. The smallest absolute Gasteiger partial charge is 0.119 e. The predicted molar refractivity (Wildman–Crippen MR) is 47.3 cm³/mol. The van der Waals surface area contributed by atoms with Crippen LogP contribution >= 0.6 is 0 Å². The molecule has 2 heteroatoms. The van der Waals surface area contributed by atoms with Gasteiger partial charge in [0.25, 0.3) is 0 Å². The Bertz CT molecular complexity index is 229. The van der Waals surface area contributed by atoms with E-state index in [1.807, 2.05) is 30.3 Å². The van der Waals surface area contributed by atoms with Gasteiger partial charge in [0.1, 0.15) is 11.9 Å². The molecule has 1 aliphatic rings. The van der Waals surface area contributed by atoms with Gasteiger partial charge in [-0.05, 0) is 18.6 Å². The predicted octanol–water partition coefficient (Wildman–Crippen LogP) is 1.44. The van der Waals surface area contributed by atoms with Crippen molar-refractivity contribution in [1.82, 2.24) is 5.32 Å². The molecule has 1 atom stereocenters. The largest absolute Gasteiger partial charge is 0.489 e. The molecule has 0 spiro atoms. The first-order chi connectivity index (χ1) is 5.95. The maximum atomic E-state index is 5.68. The van der Waals surface area contributed by atoms with E-state index in [1.165, 1.54) is 0 Å². The van der Waals surface area contributed by atoms with Gasteiger partial charge < -0.3 is 4.74 Å². The van der Waals surface area contributed by atoms with Gasteiger partial charge in [-0.25, -0.2) is 5.32 Å². The fourth-order valence-electron chi connectivity index (χ4n) is 1.35. The number of nitrogens with zero attached hydrogens (tertiary/aromatic N) is 1. The minimum atomic E-state index is 0.312. The molecule has 1 aromatic rings. The molecule has 2 nitrogen and oxygen atoms in total. The van der Waals surface area contributed by atoms with Gasteiger partial charge in [0, 0.05) is 6.54 Å². The van der Waals surface area contributed by atoms with Crippen LogP contribution in [0.4, 0.5) is 0 Å². The van der Waals surface area contributed by atoms with Crippen LogP contribution < -0.4 is 10.1 Å². The summed E-state index contributed by atoms with van der Waals surface area (Å²) in [7, 11) is 0. The first-order valence-corrected chi connectivity index (χ1v) is 4.30. The lowest BCUT2D eigenvalue weighted by Crippen LogP contribution is -2.17. The zero-order valence-corrected chi connectivity index (χ0v) is 6.94. The molecule has 2 rings (SSSR count). The van der Waals surface area contributed by atoms with Gasteiger partial charge in [-0.15, -0.1) is 0 Å². The second kappa shape index (κ2) is 3.59. The Balaban J connectivity index is 1.94. The standard InChI is InChI=1S/C10H12NO/c1-2-4-9(5-3-1)12-10-6-7-11-8-10/h1-5,10H,6-8H2. The molecule has 1 unspecified atom stereocenters. The zero-order chi connectivity index (χ0) is 8.23. The van der Waals surface area contributed by atoms with Crippen molar-refractivity contribution in [1.29, 1.82) is 0 Å². The highest BCUT2D eigenvalue weighted by Crippen LogP contribution is 2.13. The average molecular weight is 162 g/mol. The topological polar surface area (TPSA) is 23.3 Å². The summed E-state index contributed by atoms with van der Waals surface area (Å²) in [5.74, 6) is 0.958. The van der Waals surface area contributed by atoms with Crippen LogP contribution in [0, 0.1) is 0 Å². The maximum absolute atomic E-state index is 5.68. The van der Waals surface area contributed by atoms with Crippen molar-refractivity contribution in [3.8, 4) is 5.75 Å². The molecule has 0 aliphatic carbocycles. The number of hydrogen-bond acceptors (Lipinski definition) is 1. The van der Waals surface area contributed by atoms with E-state index in [0.717, 1.165) is 25.3 Å². The van der Waals surface area contributed by atoms with E-state index in [-0.39, 0.29) is 0 Å². The van der Waals surface area contributed by atoms with Crippen molar-refractivity contribution in [2.75, 3.05) is 13.1 Å². The van der Waals surface area contributed by atoms with E-state index >= 15 is 0 Å². The van der Waals surface area contributed by atoms with Crippen LogP contribution in [0.2, 0.25) is 0 Å². The number of benzene rings is 1. The molecule has 12 heavy (non-hydrogen) atoms. The van der Waals surface area contributed by atoms with Gasteiger partial charge in [-0.2, -0.15) is 0 Å². The van der Waals surface area contributed by atoms with E-state index in [0.29, 0.717) is 6.10 Å². The number of rotatable bonds is 2. The fourth-order valence-corrected chi connectivity index (χ4v) is 1.35. The summed E-state index contributed by atoms with van der Waals surface area (Å²) in [6.45, 7) is 1.81. The Kier molecular flexibility index (Phi) is 2.28. The Hall–Kier alpha value is -1.02. The second-order valence-electron chi connectivity index (χ2n) is 2.97. The SMILES string of the molecule is c1ccc(OC2CC[N]C2)cc1. The van der Waals surface area contributed by atoms with Crippen molar-refractivity contribution in [2.45, 2.75) is 12.5 Å². The normalized spacial score (nSPS) is 22.5. The lowest BCUT2D eigenvalue weighted by Gasteiger charge is -2.11. The third-order valence-electron chi connectivity index (χ3n) is 1.99. The first kappa shape index (κ1) is 7.62. The zero-order valence-electron chi connectivity index (χ0n) is 6.94. The molecule has 1 fully saturated rings. The summed E-state index contributed by atoms with van der Waals surface area (Å²) in [5.41, 5.74) is 0. The molecule has 1 heterocycles. The van der Waals surface area contributed by atoms with Crippen molar-refractivity contribution < 1.29 is 4.74 Å². The van der Waals surface area contributed by atoms with Crippen LogP contribution in [-0.2, 0) is 0 Å². The van der Waals surface area contributed by atoms with Gasteiger partial charge in [-0.3, -0.25) is 0 Å². The van der Waals surface area contributed by atoms with Crippen molar-refractivity contribution >= 4 is 0 Å². The number of hydrogen-bond donors (Lipinski definition) is 0. The average Bonchev–Trinajstić information content (AvgIpc) is 2.59. The van der Waals surface area contributed by atoms with Gasteiger partial charge in [0.15, 0.2) is 0 Å². The van der Waals surface area contributed by atoms with E-state index in [1.54, 1.807) is 0 Å². The van der Waals surface area contributed by atoms with E-state index in [9.17, 15) is 0 Å². The Morgan fingerprint density at radius 3 is 2.75 bits per heavy atom. The number of para-hydroxylation sites is 1. The van der Waals surface area contributed by atoms with Crippen LogP contribution in [0.1, 0.15) is 6.42 Å². The molecule has 0 amide bonds. The summed E-state index contributed by atoms with van der Waals surface area (Å²) >= 11 is 0. The maximum Gasteiger partial charge on any atom is 0.119 e. The van der Waals surface area contributed by atoms with E-state index < -0.39 is 0 Å². The molecule has 0 aromatic heterocycles. The third-order valence-corrected chi connectivity index (χ3v) is 1.99. The first-order valence-electron chi connectivity index (χ1n) is 4.30. The monoisotopic (exact) mass is 162 g/mol. The molecule has 63 valence electrons. The molecule has 0 saturated carbocycles. The molecule has 1 saturated heterocycles. The van der Waals surface area contributed by atoms with Crippen LogP contribution in [0.3, 0.4) is 0 Å². The molecule has 1 aromatic carbocycles. The Morgan fingerprint density at radius 1 is 1.25 bits per heavy atom. The fraction of sp³-hybridized carbons (Fsp3) is 0.400. The van der Waals surface area contributed by atoms with Crippen LogP contribution in [-0.4, -0.2) is 19.2 Å². The lowest BCUT2D eigenvalue weighted by molar-refractivity contribution is 0.223. The third kappa shape index (κ3) is 1.77. The number of ether oxygens (including phenoxy) is 1. The summed E-state index contributed by atoms with van der Waals surface area (Å²) in [4.78, 5) is 0. The lowest BCUT2D eigenvalue weighted by atomic mass is 10.3. The molecular weight excluding hydrogens is 150 g/mol. The van der Waals surface area contributed by atoms with Crippen molar-refractivity contribution in [2.24, 2.45) is 0 Å². The summed E-state index contributed by atoms with van der Waals surface area (Å²) in [6, 6.07) is 9.94. The second-order valence-corrected chi connectivity index (χ2v) is 2.97. The Labute approximate surface area is 72.5 Å². The molecule has 0 bridgehead atoms. The van der Waals surface area contributed by atoms with Gasteiger partial charge in [-0.1, -0.05) is 18.2 Å². The highest BCUT2D eigenvalue weighted by atomic mass is 16.5. The summed E-state index contributed by atoms with van der Waals surface area (Å²) < 4.78 is 5.68. The van der Waals surface area contributed by atoms with Crippen molar-refractivity contribution in [3.63, 3.8) is 0 Å². The van der Waals surface area contributed by atoms with Gasteiger partial charge in [0.2, 0.25) is 0 Å². The quantitative estimate of drug-likeness (QED) is 0.645. The van der Waals surface area contributed by atoms with Crippen LogP contribution in [0.15, 0.2) is 30.3 Å². The molecule has 1 radical (unpaired) electrons. The van der Waals surface area contributed by atoms with Gasteiger partial charge in [0.05, 0.1) is 6.54 Å². The molecule has 0 N–H and O–H groups in total. The molecular formula is C10H12NO. The Morgan fingerprint density at radius 2 is 2.08 bits per heavy atom. The highest BCUT2D eigenvalue weighted by molar-refractivity contribution is 5.21. The summed E-state index contributed by atoms with van der Waals surface area (Å²) in [6.07, 6.45) is 1.38. The van der Waals surface area contributed by atoms with Crippen LogP contribution in [0.25, 0.3) is 0 Å². The highest BCUT2D eigenvalue weighted by Gasteiger charge is 2.16. The van der Waals surface area contributed by atoms with Crippen LogP contribution in [0.5, 0.6) is 5.75 Å².